The Bertz CT molecular complexity index is 501. The molecule has 2 amide bonds. The Labute approximate surface area is 110 Å². The lowest BCUT2D eigenvalue weighted by molar-refractivity contribution is -0.130. The van der Waals surface area contributed by atoms with Crippen molar-refractivity contribution < 1.29 is 19.5 Å². The number of amides is 2. The van der Waals surface area contributed by atoms with E-state index in [2.05, 4.69) is 5.32 Å². The van der Waals surface area contributed by atoms with E-state index in [0.29, 0.717) is 5.69 Å². The summed E-state index contributed by atoms with van der Waals surface area (Å²) in [5.74, 6) is -0.563. The lowest BCUT2D eigenvalue weighted by Gasteiger charge is -2.31. The molecule has 1 atom stereocenters. The van der Waals surface area contributed by atoms with Gasteiger partial charge in [0.1, 0.15) is 11.8 Å². The van der Waals surface area contributed by atoms with E-state index in [9.17, 15) is 14.4 Å². The molecule has 0 aliphatic carbocycles. The Balaban J connectivity index is 2.11. The summed E-state index contributed by atoms with van der Waals surface area (Å²) in [6.45, 7) is 0.0705. The molecule has 1 fully saturated rings. The van der Waals surface area contributed by atoms with E-state index in [1.165, 1.54) is 0 Å². The zero-order valence-corrected chi connectivity index (χ0v) is 10.2. The first-order valence-corrected chi connectivity index (χ1v) is 5.95. The van der Waals surface area contributed by atoms with Crippen molar-refractivity contribution >= 4 is 23.5 Å². The number of hydrogen-bond acceptors (Lipinski definition) is 3. The minimum Gasteiger partial charge on any atom is -0.465 e. The molecule has 0 aromatic heterocycles. The molecule has 6 heteroatoms. The maximum absolute atomic E-state index is 12.1. The fourth-order valence-corrected chi connectivity index (χ4v) is 2.04. The number of para-hydroxylation sites is 1. The molecule has 1 aromatic carbocycles. The van der Waals surface area contributed by atoms with Gasteiger partial charge in [0.2, 0.25) is 5.91 Å². The van der Waals surface area contributed by atoms with Crippen LogP contribution in [0.5, 0.6) is 0 Å². The fourth-order valence-electron chi connectivity index (χ4n) is 2.04. The van der Waals surface area contributed by atoms with E-state index in [-0.39, 0.29) is 25.2 Å². The Morgan fingerprint density at radius 1 is 1.26 bits per heavy atom. The predicted octanol–water partition coefficient (Wildman–Crippen LogP) is 1.34. The van der Waals surface area contributed by atoms with Crippen LogP contribution in [-0.4, -0.2) is 40.4 Å². The second-order valence-corrected chi connectivity index (χ2v) is 4.34. The maximum atomic E-state index is 12.1. The molecular weight excluding hydrogens is 248 g/mol. The smallest absolute Gasteiger partial charge is 0.408 e. The molecular formula is C13H14N2O4. The van der Waals surface area contributed by atoms with Gasteiger partial charge in [-0.1, -0.05) is 18.2 Å². The Morgan fingerprint density at radius 2 is 1.95 bits per heavy atom. The molecule has 2 rings (SSSR count). The fraction of sp³-hybridized carbons (Fsp3) is 0.308. The van der Waals surface area contributed by atoms with Crippen molar-refractivity contribution in [2.45, 2.75) is 18.9 Å². The van der Waals surface area contributed by atoms with Crippen LogP contribution in [0, 0.1) is 0 Å². The van der Waals surface area contributed by atoms with Gasteiger partial charge in [0.15, 0.2) is 0 Å². The number of nitrogens with zero attached hydrogens (tertiary/aromatic N) is 1. The largest absolute Gasteiger partial charge is 0.465 e. The van der Waals surface area contributed by atoms with E-state index < -0.39 is 18.0 Å². The highest BCUT2D eigenvalue weighted by Gasteiger charge is 2.35. The van der Waals surface area contributed by atoms with Gasteiger partial charge in [-0.05, 0) is 12.1 Å². The highest BCUT2D eigenvalue weighted by molar-refractivity contribution is 6.00. The van der Waals surface area contributed by atoms with Crippen molar-refractivity contribution in [1.29, 1.82) is 0 Å². The third-order valence-electron chi connectivity index (χ3n) is 3.02. The van der Waals surface area contributed by atoms with Gasteiger partial charge in [-0.25, -0.2) is 4.79 Å². The van der Waals surface area contributed by atoms with Crippen molar-refractivity contribution in [1.82, 2.24) is 4.90 Å². The topological polar surface area (TPSA) is 86.7 Å². The second-order valence-electron chi connectivity index (χ2n) is 4.34. The van der Waals surface area contributed by atoms with Gasteiger partial charge in [-0.15, -0.1) is 0 Å². The number of piperidine rings is 1. The van der Waals surface area contributed by atoms with E-state index in [0.717, 1.165) is 4.90 Å². The van der Waals surface area contributed by atoms with Gasteiger partial charge in [-0.3, -0.25) is 14.5 Å². The quantitative estimate of drug-likeness (QED) is 0.842. The van der Waals surface area contributed by atoms with Crippen molar-refractivity contribution in [2.75, 3.05) is 11.9 Å². The predicted molar refractivity (Wildman–Crippen MR) is 67.8 cm³/mol. The number of carbonyl (C=O) groups excluding carboxylic acids is 2. The van der Waals surface area contributed by atoms with Crippen LogP contribution in [0.1, 0.15) is 12.8 Å². The molecule has 1 unspecified atom stereocenters. The third-order valence-corrected chi connectivity index (χ3v) is 3.02. The Morgan fingerprint density at radius 3 is 2.58 bits per heavy atom. The van der Waals surface area contributed by atoms with Gasteiger partial charge >= 0.3 is 6.09 Å². The molecule has 2 N–H and O–H groups in total. The number of nitrogens with one attached hydrogen (secondary N) is 1. The first-order valence-electron chi connectivity index (χ1n) is 5.95. The number of ketones is 1. The molecule has 1 aromatic rings. The van der Waals surface area contributed by atoms with Crippen LogP contribution in [0.3, 0.4) is 0 Å². The number of benzene rings is 1. The second kappa shape index (κ2) is 5.51. The number of hydrogen-bond donors (Lipinski definition) is 2. The van der Waals surface area contributed by atoms with Crippen LogP contribution in [-0.2, 0) is 9.59 Å². The summed E-state index contributed by atoms with van der Waals surface area (Å²) in [5, 5.41) is 11.7. The number of anilines is 1. The van der Waals surface area contributed by atoms with Crippen LogP contribution < -0.4 is 5.32 Å². The maximum Gasteiger partial charge on any atom is 0.408 e. The van der Waals surface area contributed by atoms with E-state index >= 15 is 0 Å². The lowest BCUT2D eigenvalue weighted by Crippen LogP contribution is -2.51. The first-order chi connectivity index (χ1) is 9.08. The minimum absolute atomic E-state index is 0.0645. The minimum atomic E-state index is -1.18. The molecule has 19 heavy (non-hydrogen) atoms. The molecule has 1 aliphatic heterocycles. The Kier molecular flexibility index (Phi) is 3.79. The zero-order valence-electron chi connectivity index (χ0n) is 10.2. The number of carbonyl (C=O) groups is 3. The third kappa shape index (κ3) is 3.09. The summed E-state index contributed by atoms with van der Waals surface area (Å²) >= 11 is 0. The van der Waals surface area contributed by atoms with Crippen LogP contribution in [0.4, 0.5) is 10.5 Å². The van der Waals surface area contributed by atoms with Gasteiger partial charge in [0.25, 0.3) is 0 Å². The molecule has 6 nitrogen and oxygen atoms in total. The van der Waals surface area contributed by atoms with Crippen LogP contribution in [0.25, 0.3) is 0 Å². The molecule has 0 radical (unpaired) electrons. The van der Waals surface area contributed by atoms with Gasteiger partial charge < -0.3 is 10.4 Å². The normalized spacial score (nSPS) is 19.1. The average Bonchev–Trinajstić information content (AvgIpc) is 2.39. The van der Waals surface area contributed by atoms with Gasteiger partial charge in [0, 0.05) is 25.1 Å². The van der Waals surface area contributed by atoms with Crippen LogP contribution >= 0.6 is 0 Å². The van der Waals surface area contributed by atoms with Gasteiger partial charge in [-0.2, -0.15) is 0 Å². The molecule has 0 saturated carbocycles. The number of carboxylic acid groups (broad SMARTS) is 1. The summed E-state index contributed by atoms with van der Waals surface area (Å²) in [7, 11) is 0. The van der Waals surface area contributed by atoms with E-state index in [1.807, 2.05) is 6.07 Å². The molecule has 100 valence electrons. The monoisotopic (exact) mass is 262 g/mol. The number of likely N-dealkylation sites (tertiary alicyclic amines) is 1. The highest BCUT2D eigenvalue weighted by Crippen LogP contribution is 2.17. The Hall–Kier alpha value is -2.37. The first kappa shape index (κ1) is 13.1. The molecule has 1 heterocycles. The number of rotatable bonds is 2. The summed E-state index contributed by atoms with van der Waals surface area (Å²) in [5.41, 5.74) is 0.580. The summed E-state index contributed by atoms with van der Waals surface area (Å²) in [6, 6.07) is 7.79. The zero-order chi connectivity index (χ0) is 13.8. The summed E-state index contributed by atoms with van der Waals surface area (Å²) in [6.07, 6.45) is -1.08. The van der Waals surface area contributed by atoms with Crippen molar-refractivity contribution in [3.63, 3.8) is 0 Å². The lowest BCUT2D eigenvalue weighted by atomic mass is 10.0. The van der Waals surface area contributed by atoms with Crippen molar-refractivity contribution in [3.05, 3.63) is 30.3 Å². The average molecular weight is 262 g/mol. The van der Waals surface area contributed by atoms with Gasteiger partial charge in [0.05, 0.1) is 0 Å². The van der Waals surface area contributed by atoms with Crippen molar-refractivity contribution in [2.24, 2.45) is 0 Å². The van der Waals surface area contributed by atoms with Crippen molar-refractivity contribution in [3.8, 4) is 0 Å². The highest BCUT2D eigenvalue weighted by atomic mass is 16.4. The van der Waals surface area contributed by atoms with Crippen LogP contribution in [0.2, 0.25) is 0 Å². The standard InChI is InChI=1S/C13H14N2O4/c16-10-6-7-15(13(18)19)11(8-10)12(17)14-9-4-2-1-3-5-9/h1-5,11H,6-8H2,(H,14,17)(H,18,19). The SMILES string of the molecule is O=C1CCN(C(=O)O)C(C(=O)Nc2ccccc2)C1. The summed E-state index contributed by atoms with van der Waals surface area (Å²) < 4.78 is 0. The van der Waals surface area contributed by atoms with Crippen LogP contribution in [0.15, 0.2) is 30.3 Å². The summed E-state index contributed by atoms with van der Waals surface area (Å²) in [4.78, 5) is 35.5. The van der Waals surface area contributed by atoms with E-state index in [1.54, 1.807) is 24.3 Å². The molecule has 1 saturated heterocycles. The number of Topliss-reactive ketones (excluding diaryl/α,β-unsaturated/α-hetero) is 1. The molecule has 1 aliphatic rings. The molecule has 0 bridgehead atoms. The molecule has 0 spiro atoms. The van der Waals surface area contributed by atoms with E-state index in [4.69, 9.17) is 5.11 Å².